The smallest absolute Gasteiger partial charge is 0.216 e. The zero-order chi connectivity index (χ0) is 21.7. The number of oxazole rings is 1. The molecule has 0 amide bonds. The van der Waals surface area contributed by atoms with E-state index in [0.29, 0.717) is 18.0 Å². The number of guanidine groups is 1. The fourth-order valence-corrected chi connectivity index (χ4v) is 3.87. The number of aliphatic imine (C=N–C) groups is 1. The van der Waals surface area contributed by atoms with E-state index in [4.69, 9.17) is 4.42 Å². The first-order valence-corrected chi connectivity index (χ1v) is 10.6. The van der Waals surface area contributed by atoms with Crippen LogP contribution in [0.3, 0.4) is 0 Å². The minimum Gasteiger partial charge on any atom is -0.444 e. The molecule has 2 aromatic rings. The minimum atomic E-state index is -0.543. The number of nitrogens with one attached hydrogen (secondary N) is 1. The van der Waals surface area contributed by atoms with Gasteiger partial charge in [-0.15, -0.1) is 0 Å². The van der Waals surface area contributed by atoms with Gasteiger partial charge < -0.3 is 14.6 Å². The number of hydrogen-bond donors (Lipinski definition) is 1. The lowest BCUT2D eigenvalue weighted by atomic mass is 10.0. The van der Waals surface area contributed by atoms with Gasteiger partial charge in [0, 0.05) is 50.4 Å². The van der Waals surface area contributed by atoms with Gasteiger partial charge in [-0.05, 0) is 33.3 Å². The number of aromatic nitrogens is 1. The van der Waals surface area contributed by atoms with E-state index < -0.39 is 11.6 Å². The molecule has 6 nitrogen and oxygen atoms in total. The van der Waals surface area contributed by atoms with Gasteiger partial charge in [-0.25, -0.2) is 18.8 Å². The first kappa shape index (κ1) is 22.2. The summed E-state index contributed by atoms with van der Waals surface area (Å²) in [6, 6.07) is 3.80. The Morgan fingerprint density at radius 1 is 1.20 bits per heavy atom. The Morgan fingerprint density at radius 2 is 1.93 bits per heavy atom. The minimum absolute atomic E-state index is 0.0643. The van der Waals surface area contributed by atoms with Crippen LogP contribution in [-0.2, 0) is 6.54 Å². The Bertz CT molecular complexity index is 855. The van der Waals surface area contributed by atoms with Gasteiger partial charge in [0.2, 0.25) is 5.89 Å². The van der Waals surface area contributed by atoms with E-state index in [9.17, 15) is 8.78 Å². The standard InChI is InChI=1S/C22H31F2N5O/c1-5-20(18-8-7-17(23)13-19(18)24)28-9-11-29(12-10-28)22(25-6-2)26-14-21-27-15(3)16(4)30-21/h7-8,13,20H,5-6,9-12,14H2,1-4H3,(H,25,26). The summed E-state index contributed by atoms with van der Waals surface area (Å²) in [5.41, 5.74) is 1.44. The molecule has 1 atom stereocenters. The van der Waals surface area contributed by atoms with Gasteiger partial charge in [0.05, 0.1) is 5.69 Å². The summed E-state index contributed by atoms with van der Waals surface area (Å²) in [7, 11) is 0. The monoisotopic (exact) mass is 419 g/mol. The molecule has 164 valence electrons. The molecule has 1 aliphatic heterocycles. The third-order valence-corrected chi connectivity index (χ3v) is 5.53. The maximum atomic E-state index is 14.3. The van der Waals surface area contributed by atoms with Crippen molar-refractivity contribution in [3.8, 4) is 0 Å². The number of halogens is 2. The summed E-state index contributed by atoms with van der Waals surface area (Å²) >= 11 is 0. The molecule has 1 saturated heterocycles. The van der Waals surface area contributed by atoms with Crippen molar-refractivity contribution in [2.75, 3.05) is 32.7 Å². The molecule has 0 aliphatic carbocycles. The van der Waals surface area contributed by atoms with Crippen LogP contribution in [0.4, 0.5) is 8.78 Å². The number of hydrogen-bond acceptors (Lipinski definition) is 4. The maximum absolute atomic E-state index is 14.3. The van der Waals surface area contributed by atoms with Gasteiger partial charge in [-0.3, -0.25) is 4.90 Å². The molecule has 1 aromatic carbocycles. The molecule has 8 heteroatoms. The van der Waals surface area contributed by atoms with Crippen LogP contribution in [0.25, 0.3) is 0 Å². The van der Waals surface area contributed by atoms with Gasteiger partial charge in [0.15, 0.2) is 5.96 Å². The number of piperazine rings is 1. The molecule has 0 spiro atoms. The fourth-order valence-electron chi connectivity index (χ4n) is 3.87. The van der Waals surface area contributed by atoms with Crippen LogP contribution in [0.1, 0.15) is 49.2 Å². The molecule has 30 heavy (non-hydrogen) atoms. The molecule has 1 unspecified atom stereocenters. The third kappa shape index (κ3) is 5.16. The van der Waals surface area contributed by atoms with E-state index in [-0.39, 0.29) is 6.04 Å². The number of benzene rings is 1. The lowest BCUT2D eigenvalue weighted by Gasteiger charge is -2.40. The van der Waals surface area contributed by atoms with Crippen LogP contribution in [0.2, 0.25) is 0 Å². The van der Waals surface area contributed by atoms with E-state index in [0.717, 1.165) is 62.6 Å². The molecule has 0 saturated carbocycles. The summed E-state index contributed by atoms with van der Waals surface area (Å²) in [6.07, 6.45) is 0.763. The Morgan fingerprint density at radius 3 is 2.50 bits per heavy atom. The molecule has 3 rings (SSSR count). The number of nitrogens with zero attached hydrogens (tertiary/aromatic N) is 4. The third-order valence-electron chi connectivity index (χ3n) is 5.53. The van der Waals surface area contributed by atoms with Crippen molar-refractivity contribution >= 4 is 5.96 Å². The van der Waals surface area contributed by atoms with Crippen LogP contribution >= 0.6 is 0 Å². The number of aryl methyl sites for hydroxylation is 2. The van der Waals surface area contributed by atoms with Gasteiger partial charge in [0.1, 0.15) is 23.9 Å². The van der Waals surface area contributed by atoms with E-state index >= 15 is 0 Å². The topological polar surface area (TPSA) is 56.9 Å². The summed E-state index contributed by atoms with van der Waals surface area (Å²) in [5, 5.41) is 3.34. The second-order valence-electron chi connectivity index (χ2n) is 7.53. The zero-order valence-corrected chi connectivity index (χ0v) is 18.2. The van der Waals surface area contributed by atoms with E-state index in [2.05, 4.69) is 25.1 Å². The molecule has 0 bridgehead atoms. The summed E-state index contributed by atoms with van der Waals surface area (Å²) in [5.74, 6) is 1.23. The first-order chi connectivity index (χ1) is 14.4. The molecule has 0 radical (unpaired) electrons. The largest absolute Gasteiger partial charge is 0.444 e. The molecule has 2 heterocycles. The van der Waals surface area contributed by atoms with Crippen molar-refractivity contribution in [3.63, 3.8) is 0 Å². The van der Waals surface area contributed by atoms with Crippen molar-refractivity contribution in [3.05, 3.63) is 52.7 Å². The predicted molar refractivity (Wildman–Crippen MR) is 113 cm³/mol. The number of rotatable bonds is 6. The summed E-state index contributed by atoms with van der Waals surface area (Å²) in [6.45, 7) is 12.1. The maximum Gasteiger partial charge on any atom is 0.216 e. The molecular weight excluding hydrogens is 388 g/mol. The van der Waals surface area contributed by atoms with Gasteiger partial charge in [-0.2, -0.15) is 0 Å². The van der Waals surface area contributed by atoms with E-state index in [1.54, 1.807) is 6.07 Å². The van der Waals surface area contributed by atoms with Gasteiger partial charge >= 0.3 is 0 Å². The second-order valence-corrected chi connectivity index (χ2v) is 7.53. The van der Waals surface area contributed by atoms with Crippen molar-refractivity contribution < 1.29 is 13.2 Å². The summed E-state index contributed by atoms with van der Waals surface area (Å²) < 4.78 is 33.2. The molecule has 1 aromatic heterocycles. The first-order valence-electron chi connectivity index (χ1n) is 10.6. The molecule has 1 fully saturated rings. The summed E-state index contributed by atoms with van der Waals surface area (Å²) in [4.78, 5) is 13.5. The van der Waals surface area contributed by atoms with Gasteiger partial charge in [0.25, 0.3) is 0 Å². The molecule has 1 aliphatic rings. The van der Waals surface area contributed by atoms with Crippen LogP contribution in [0.15, 0.2) is 27.6 Å². The predicted octanol–water partition coefficient (Wildman–Crippen LogP) is 3.80. The Labute approximate surface area is 177 Å². The average Bonchev–Trinajstić information content (AvgIpc) is 3.05. The van der Waals surface area contributed by atoms with Crippen LogP contribution < -0.4 is 5.32 Å². The van der Waals surface area contributed by atoms with Crippen molar-refractivity contribution in [1.82, 2.24) is 20.1 Å². The van der Waals surface area contributed by atoms with E-state index in [1.807, 2.05) is 27.7 Å². The highest BCUT2D eigenvalue weighted by atomic mass is 19.1. The molecule has 1 N–H and O–H groups in total. The quantitative estimate of drug-likeness (QED) is 0.570. The highest BCUT2D eigenvalue weighted by Gasteiger charge is 2.27. The zero-order valence-electron chi connectivity index (χ0n) is 18.2. The fraction of sp³-hybridized carbons (Fsp3) is 0.545. The van der Waals surface area contributed by atoms with Crippen LogP contribution in [0.5, 0.6) is 0 Å². The van der Waals surface area contributed by atoms with E-state index in [1.165, 1.54) is 6.07 Å². The van der Waals surface area contributed by atoms with Crippen LogP contribution in [-0.4, -0.2) is 53.5 Å². The van der Waals surface area contributed by atoms with Crippen molar-refractivity contribution in [2.45, 2.75) is 46.7 Å². The van der Waals surface area contributed by atoms with Gasteiger partial charge in [-0.1, -0.05) is 13.0 Å². The molecular formula is C22H31F2N5O. The lowest BCUT2D eigenvalue weighted by Crippen LogP contribution is -2.53. The highest BCUT2D eigenvalue weighted by molar-refractivity contribution is 5.80. The Hall–Kier alpha value is -2.48. The van der Waals surface area contributed by atoms with Crippen molar-refractivity contribution in [1.29, 1.82) is 0 Å². The normalized spacial score (nSPS) is 16.7. The van der Waals surface area contributed by atoms with Crippen molar-refractivity contribution in [2.24, 2.45) is 4.99 Å². The average molecular weight is 420 g/mol. The lowest BCUT2D eigenvalue weighted by molar-refractivity contribution is 0.124. The van der Waals surface area contributed by atoms with Crippen LogP contribution in [0, 0.1) is 25.5 Å². The Balaban J connectivity index is 1.66. The Kier molecular flexibility index (Phi) is 7.42. The second kappa shape index (κ2) is 10.0. The highest BCUT2D eigenvalue weighted by Crippen LogP contribution is 2.28. The SMILES string of the molecule is CCNC(=NCc1nc(C)c(C)o1)N1CCN(C(CC)c2ccc(F)cc2F)CC1.